The van der Waals surface area contributed by atoms with Crippen molar-refractivity contribution >= 4 is 72.2 Å². The second kappa shape index (κ2) is 56.3. The van der Waals surface area contributed by atoms with E-state index in [4.69, 9.17) is 56.8 Å². The molecule has 0 bridgehead atoms. The van der Waals surface area contributed by atoms with Crippen LogP contribution in [0.2, 0.25) is 0 Å². The van der Waals surface area contributed by atoms with E-state index in [1.165, 1.54) is 105 Å². The summed E-state index contributed by atoms with van der Waals surface area (Å²) in [6.45, 7) is 12.5. The fourth-order valence-electron chi connectivity index (χ4n) is 16.3. The topological polar surface area (TPSA) is 388 Å². The zero-order chi connectivity index (χ0) is 92.8. The van der Waals surface area contributed by atoms with E-state index in [2.05, 4.69) is 105 Å². The number of amides is 6. The standard InChI is InChI=1S/2C18H23NO4.C17H23NO3.C16H27NO4.C16H21NO4.C15H19NO5/c1-12-16(17(20)23-12)19-18(21)22-11-13-7-9-15(10-8-13)14-5-3-2-4-6-14;1-12-16(17(20)22-12)19-18(21)23-15-9-7-14(8-10-15)11-13-5-3-2-4-6-13;1-13-16(17(20)21-13)18-15(19)12-8-3-2-5-9-14-10-6-4-7-11-14;2*1-12-14(15(18)21-12)17-16(19)20-11-7-3-6-10-13-8-4-2-5-9-13;1-11-13(14(17)21-11)16-15(18)20-10-9-19-8-7-12-5-3-2-4-6-12/h7-10,12,14,16H,2-6,11H2,1H3,(H,19,21);2-6,12,14-16H,7-11H2,1H3,(H,19,21);4,6-7,10-11,13,16H,2-3,5,8-9,12H2,1H3,(H,18,19);12-14H,2-11H2,1H3,(H,17,19);2,4-5,8-9,12,14H,3,6-7,10-11H2,1H3,(H,17,19);2-6,11,13H,7-10H2,1H3,(H,16,18)/t12-,16+;12-,14?,15?,16+;13-,16-;12-,14+;12-,14-;11-,13+/m000010/s1. The number of esters is 6. The minimum absolute atomic E-state index is 0.0478. The summed E-state index contributed by atoms with van der Waals surface area (Å²) < 4.78 is 59.6. The third-order valence-corrected chi connectivity index (χ3v) is 24.4. The van der Waals surface area contributed by atoms with Crippen molar-refractivity contribution in [3.8, 4) is 0 Å². The summed E-state index contributed by atoms with van der Waals surface area (Å²) in [5.74, 6) is -0.130. The van der Waals surface area contributed by atoms with Crippen molar-refractivity contribution in [2.45, 2.75) is 326 Å². The first-order chi connectivity index (χ1) is 62.9. The number of aryl methyl sites for hydroxylation is 2. The maximum atomic E-state index is 11.8. The van der Waals surface area contributed by atoms with Crippen LogP contribution < -0.4 is 31.9 Å². The minimum Gasteiger partial charge on any atom is -0.458 e. The SMILES string of the molecule is C[C@@H]1OC(=O)[C@@H]1NC(=O)OC1CCC(Cc2ccccc2)CC1.C[C@@H]1OC(=O)[C@@H]1NC(=O)OCCCCCC1CCCCC1.C[C@@H]1OC(=O)[C@@H]1NC(=O)OCCOCCc1ccccc1.C[C@@H]1OC(=O)[C@@H]1NC(=O)OCc1ccc(C2CCCCC2)cc1.C[C@@H]1OC(=O)[C@H]1NC(=O)CCCCCCc1ccccc1.C[C@H]1OC(=O)[C@@H]1NC(=O)OCCCCCc1ccccc1. The molecule has 130 heavy (non-hydrogen) atoms. The van der Waals surface area contributed by atoms with Gasteiger partial charge in [-0.1, -0.05) is 229 Å². The van der Waals surface area contributed by atoms with Gasteiger partial charge >= 0.3 is 66.3 Å². The van der Waals surface area contributed by atoms with Crippen LogP contribution in [0.25, 0.3) is 0 Å². The lowest BCUT2D eigenvalue weighted by atomic mass is 9.83. The number of hydrogen-bond acceptors (Lipinski definition) is 24. The van der Waals surface area contributed by atoms with Gasteiger partial charge in [0.15, 0.2) is 36.3 Å². The molecular weight excluding hydrogens is 1670 g/mol. The maximum absolute atomic E-state index is 11.8. The Bertz CT molecular complexity index is 4070. The molecule has 30 nitrogen and oxygen atoms in total. The van der Waals surface area contributed by atoms with Gasteiger partial charge in [0.25, 0.3) is 0 Å². The third-order valence-electron chi connectivity index (χ3n) is 24.4. The zero-order valence-electron chi connectivity index (χ0n) is 76.3. The number of rotatable bonds is 37. The van der Waals surface area contributed by atoms with E-state index in [0.717, 1.165) is 121 Å². The van der Waals surface area contributed by atoms with Gasteiger partial charge in [-0.25, -0.2) is 52.7 Å². The highest BCUT2D eigenvalue weighted by molar-refractivity contribution is 5.90. The summed E-state index contributed by atoms with van der Waals surface area (Å²) >= 11 is 0. The molecule has 6 saturated heterocycles. The van der Waals surface area contributed by atoms with Crippen molar-refractivity contribution in [3.63, 3.8) is 0 Å². The normalized spacial score (nSPS) is 23.7. The lowest BCUT2D eigenvalue weighted by molar-refractivity contribution is -0.176. The first kappa shape index (κ1) is 102. The Hall–Kier alpha value is -11.3. The highest BCUT2D eigenvalue weighted by Crippen LogP contribution is 2.34. The Morgan fingerprint density at radius 3 is 1.09 bits per heavy atom. The first-order valence-electron chi connectivity index (χ1n) is 47.0. The smallest absolute Gasteiger partial charge is 0.408 e. The summed E-state index contributed by atoms with van der Waals surface area (Å²) in [4.78, 5) is 136. The maximum Gasteiger partial charge on any atom is 0.408 e. The number of carbonyl (C=O) groups excluding carboxylic acids is 12. The molecule has 12 atom stereocenters. The summed E-state index contributed by atoms with van der Waals surface area (Å²) in [6.07, 6.45) is 29.2. The van der Waals surface area contributed by atoms with Gasteiger partial charge in [0.05, 0.1) is 26.4 Å². The Labute approximate surface area is 764 Å². The van der Waals surface area contributed by atoms with Gasteiger partial charge in [-0.3, -0.25) is 4.79 Å². The number of cyclic esters (lactones) is 6. The van der Waals surface area contributed by atoms with Crippen molar-refractivity contribution in [3.05, 3.63) is 179 Å². The number of carbonyl (C=O) groups is 12. The molecule has 9 aliphatic rings. The van der Waals surface area contributed by atoms with Crippen LogP contribution in [0.3, 0.4) is 0 Å². The minimum atomic E-state index is -0.629. The molecule has 6 amide bonds. The predicted octanol–water partition coefficient (Wildman–Crippen LogP) is 15.6. The monoisotopic (exact) mass is 1800 g/mol. The second-order valence-electron chi connectivity index (χ2n) is 34.7. The number of unbranched alkanes of at least 4 members (excludes halogenated alkanes) is 7. The molecule has 3 saturated carbocycles. The van der Waals surface area contributed by atoms with Crippen LogP contribution >= 0.6 is 0 Å². The molecule has 5 aromatic carbocycles. The van der Waals surface area contributed by atoms with Crippen LogP contribution in [0.5, 0.6) is 0 Å². The summed E-state index contributed by atoms with van der Waals surface area (Å²) in [5, 5.41) is 15.3. The zero-order valence-corrected chi connectivity index (χ0v) is 76.3. The molecule has 0 radical (unpaired) electrons. The van der Waals surface area contributed by atoms with Gasteiger partial charge in [-0.05, 0) is 195 Å². The van der Waals surface area contributed by atoms with Crippen LogP contribution in [-0.4, -0.2) is 184 Å². The highest BCUT2D eigenvalue weighted by atomic mass is 16.6. The van der Waals surface area contributed by atoms with E-state index in [1.807, 2.05) is 72.8 Å². The van der Waals surface area contributed by atoms with Gasteiger partial charge in [0.2, 0.25) is 5.91 Å². The van der Waals surface area contributed by atoms with Gasteiger partial charge in [-0.2, -0.15) is 0 Å². The largest absolute Gasteiger partial charge is 0.458 e. The summed E-state index contributed by atoms with van der Waals surface area (Å²) in [5.41, 5.74) is 7.59. The van der Waals surface area contributed by atoms with Crippen LogP contribution in [0, 0.1) is 11.8 Å². The van der Waals surface area contributed by atoms with Crippen molar-refractivity contribution in [2.75, 3.05) is 33.0 Å². The third kappa shape index (κ3) is 36.9. The highest BCUT2D eigenvalue weighted by Gasteiger charge is 2.45. The Morgan fingerprint density at radius 1 is 0.308 bits per heavy atom. The quantitative estimate of drug-likeness (QED) is 0.0122. The van der Waals surface area contributed by atoms with Gasteiger partial charge < -0.3 is 88.7 Å². The summed E-state index contributed by atoms with van der Waals surface area (Å²) in [6, 6.07) is 46.3. The number of alkyl carbamates (subject to hydrolysis) is 5. The van der Waals surface area contributed by atoms with E-state index in [1.54, 1.807) is 41.5 Å². The van der Waals surface area contributed by atoms with Crippen molar-refractivity contribution in [1.29, 1.82) is 0 Å². The Morgan fingerprint density at radius 2 is 0.669 bits per heavy atom. The molecule has 6 N–H and O–H groups in total. The van der Waals surface area contributed by atoms with E-state index in [0.29, 0.717) is 44.7 Å². The molecule has 5 aromatic rings. The molecule has 30 heteroatoms. The van der Waals surface area contributed by atoms with E-state index in [9.17, 15) is 57.5 Å². The van der Waals surface area contributed by atoms with Gasteiger partial charge in [0.1, 0.15) is 55.9 Å². The first-order valence-corrected chi connectivity index (χ1v) is 47.0. The molecule has 14 rings (SSSR count). The van der Waals surface area contributed by atoms with Crippen LogP contribution in [-0.2, 0) is 123 Å². The number of ether oxygens (including phenoxy) is 12. The van der Waals surface area contributed by atoms with Gasteiger partial charge in [0, 0.05) is 6.42 Å². The molecule has 3 aliphatic carbocycles. The number of benzene rings is 5. The van der Waals surface area contributed by atoms with Crippen LogP contribution in [0.15, 0.2) is 146 Å². The number of nitrogens with one attached hydrogen (secondary N) is 6. The molecule has 0 unspecified atom stereocenters. The fraction of sp³-hybridized carbons (Fsp3) is 0.580. The van der Waals surface area contributed by atoms with E-state index < -0.39 is 84.6 Å². The predicted molar refractivity (Wildman–Crippen MR) is 482 cm³/mol. The van der Waals surface area contributed by atoms with Crippen LogP contribution in [0.4, 0.5) is 24.0 Å². The average Bonchev–Trinajstić information content (AvgIpc) is 0.844. The molecule has 0 spiro atoms. The molecule has 9 fully saturated rings. The molecule has 6 aliphatic heterocycles. The van der Waals surface area contributed by atoms with Crippen molar-refractivity contribution < 1.29 is 114 Å². The van der Waals surface area contributed by atoms with Crippen LogP contribution in [0.1, 0.15) is 248 Å². The van der Waals surface area contributed by atoms with Crippen molar-refractivity contribution in [1.82, 2.24) is 31.9 Å². The Kier molecular flexibility index (Phi) is 44.4. The Balaban J connectivity index is 0.000000176. The molecule has 6 heterocycles. The van der Waals surface area contributed by atoms with Crippen molar-refractivity contribution in [2.24, 2.45) is 11.8 Å². The lowest BCUT2D eigenvalue weighted by Crippen LogP contribution is -2.59. The molecule has 0 aromatic heterocycles. The number of hydrogen-bond donors (Lipinski definition) is 6. The summed E-state index contributed by atoms with van der Waals surface area (Å²) in [7, 11) is 0. The van der Waals surface area contributed by atoms with E-state index in [-0.39, 0.29) is 79.8 Å². The molecular formula is C100H136N6O24. The second-order valence-corrected chi connectivity index (χ2v) is 34.7. The molecule has 710 valence electrons. The fourth-order valence-corrected chi connectivity index (χ4v) is 16.3. The average molecular weight is 1810 g/mol. The van der Waals surface area contributed by atoms with Gasteiger partial charge in [-0.15, -0.1) is 0 Å². The lowest BCUT2D eigenvalue weighted by Gasteiger charge is -2.33. The van der Waals surface area contributed by atoms with E-state index >= 15 is 0 Å².